The number of carbonyl (C=O) groups excluding carboxylic acids is 2. The SMILES string of the molecule is CCCCCCCCCCCCCCCC(=O)O[C@@H](CCSC(=O)CCC)COP(=O)(O)OC1C(O)[C@@H](OP(=O)(O)O)C(OP(=O)(O)O)[C@@H](CP(=O)(O)O)[C@H]1O. The van der Waals surface area contributed by atoms with Gasteiger partial charge in [-0.15, -0.1) is 0 Å². The van der Waals surface area contributed by atoms with Crippen molar-refractivity contribution in [3.63, 3.8) is 0 Å². The molecule has 8 atom stereocenters. The van der Waals surface area contributed by atoms with E-state index in [1.54, 1.807) is 0 Å². The molecule has 0 spiro atoms. The van der Waals surface area contributed by atoms with Crippen molar-refractivity contribution in [3.05, 3.63) is 0 Å². The summed E-state index contributed by atoms with van der Waals surface area (Å²) in [6.45, 7) is 3.18. The molecule has 0 aliphatic heterocycles. The summed E-state index contributed by atoms with van der Waals surface area (Å²) in [6, 6.07) is 0. The van der Waals surface area contributed by atoms with Gasteiger partial charge < -0.3 is 49.2 Å². The Labute approximate surface area is 332 Å². The van der Waals surface area contributed by atoms with E-state index in [1.807, 2.05) is 6.92 Å². The molecule has 332 valence electrons. The molecule has 4 unspecified atom stereocenters. The van der Waals surface area contributed by atoms with E-state index in [0.717, 1.165) is 43.9 Å². The van der Waals surface area contributed by atoms with Crippen molar-refractivity contribution >= 4 is 53.9 Å². The summed E-state index contributed by atoms with van der Waals surface area (Å²) in [5.74, 6) is -2.75. The molecule has 0 bridgehead atoms. The number of phosphoric acid groups is 3. The van der Waals surface area contributed by atoms with Gasteiger partial charge in [0.15, 0.2) is 5.12 Å². The molecular weight excluding hydrogens is 848 g/mol. The summed E-state index contributed by atoms with van der Waals surface area (Å²) in [6.07, 6.45) is -0.250. The van der Waals surface area contributed by atoms with Crippen LogP contribution in [0.2, 0.25) is 0 Å². The van der Waals surface area contributed by atoms with Crippen LogP contribution < -0.4 is 0 Å². The normalized spacial score (nSPS) is 23.8. The number of carbonyl (C=O) groups is 2. The molecule has 25 heteroatoms. The van der Waals surface area contributed by atoms with Crippen LogP contribution in [-0.2, 0) is 50.7 Å². The maximum atomic E-state index is 13.1. The minimum absolute atomic E-state index is 0.0247. The maximum absolute atomic E-state index is 13.1. The molecule has 1 aliphatic carbocycles. The number of aliphatic hydroxyl groups excluding tert-OH is 2. The molecule has 0 aromatic carbocycles. The molecule has 1 fully saturated rings. The Balaban J connectivity index is 2.94. The van der Waals surface area contributed by atoms with Crippen LogP contribution in [0.5, 0.6) is 0 Å². The topological polar surface area (TPSA) is 331 Å². The van der Waals surface area contributed by atoms with Gasteiger partial charge in [-0.1, -0.05) is 103 Å². The number of thioether (sulfide) groups is 1. The highest BCUT2D eigenvalue weighted by Gasteiger charge is 2.58. The van der Waals surface area contributed by atoms with E-state index in [2.05, 4.69) is 16.0 Å². The molecule has 9 N–H and O–H groups in total. The summed E-state index contributed by atoms with van der Waals surface area (Å²) in [5.41, 5.74) is 0. The predicted molar refractivity (Wildman–Crippen MR) is 204 cm³/mol. The number of rotatable bonds is 31. The smallest absolute Gasteiger partial charge is 0.460 e. The van der Waals surface area contributed by atoms with Gasteiger partial charge in [0.05, 0.1) is 18.9 Å². The third kappa shape index (κ3) is 24.8. The van der Waals surface area contributed by atoms with Gasteiger partial charge in [-0.25, -0.2) is 13.7 Å². The van der Waals surface area contributed by atoms with Crippen molar-refractivity contribution in [2.75, 3.05) is 18.5 Å². The minimum Gasteiger partial charge on any atom is -0.460 e. The lowest BCUT2D eigenvalue weighted by Crippen LogP contribution is -2.63. The second kappa shape index (κ2) is 27.0. The van der Waals surface area contributed by atoms with Gasteiger partial charge in [0.2, 0.25) is 0 Å². The van der Waals surface area contributed by atoms with Crippen LogP contribution in [0.3, 0.4) is 0 Å². The van der Waals surface area contributed by atoms with Crippen LogP contribution >= 0.6 is 42.8 Å². The fourth-order valence-corrected chi connectivity index (χ4v) is 10.2. The average Bonchev–Trinajstić information content (AvgIpc) is 3.06. The Morgan fingerprint density at radius 3 is 1.61 bits per heavy atom. The summed E-state index contributed by atoms with van der Waals surface area (Å²) in [4.78, 5) is 92.0. The molecule has 56 heavy (non-hydrogen) atoms. The van der Waals surface area contributed by atoms with E-state index in [4.69, 9.17) is 13.8 Å². The van der Waals surface area contributed by atoms with Gasteiger partial charge in [0, 0.05) is 24.5 Å². The standard InChI is InChI=1S/C31H62O20P4S/c1-3-5-6-7-8-9-10-11-12-13-14-15-16-18-25(32)48-23(19-20-56-26(33)17-4-2)21-47-55(45,46)51-30-27(34)24(22-52(36,37)38)29(49-53(39,40)41)31(28(30)35)50-54(42,43)44/h23-24,27-31,34-35H,3-22H2,1-2H3,(H,45,46)(H2,36,37,38)(H2,39,40,41)(H2,42,43,44)/t23-,24-,27+,28?,29?,30?,31+/m0/s1. The zero-order valence-corrected chi connectivity index (χ0v) is 36.3. The van der Waals surface area contributed by atoms with Crippen molar-refractivity contribution in [1.82, 2.24) is 0 Å². The van der Waals surface area contributed by atoms with Gasteiger partial charge >= 0.3 is 37.0 Å². The van der Waals surface area contributed by atoms with E-state index in [9.17, 15) is 72.3 Å². The van der Waals surface area contributed by atoms with Gasteiger partial charge in [0.25, 0.3) is 0 Å². The average molecular weight is 911 g/mol. The second-order valence-electron chi connectivity index (χ2n) is 13.8. The van der Waals surface area contributed by atoms with Gasteiger partial charge in [-0.3, -0.25) is 32.2 Å². The Morgan fingerprint density at radius 2 is 1.12 bits per heavy atom. The highest BCUT2D eigenvalue weighted by Crippen LogP contribution is 2.54. The Hall–Kier alpha value is -0.110. The first-order chi connectivity index (χ1) is 26.0. The van der Waals surface area contributed by atoms with Crippen molar-refractivity contribution in [1.29, 1.82) is 0 Å². The first-order valence-corrected chi connectivity index (χ1v) is 26.2. The predicted octanol–water partition coefficient (Wildman–Crippen LogP) is 4.82. The van der Waals surface area contributed by atoms with Crippen molar-refractivity contribution in [2.24, 2.45) is 5.92 Å². The maximum Gasteiger partial charge on any atom is 0.472 e. The zero-order valence-electron chi connectivity index (χ0n) is 31.9. The van der Waals surface area contributed by atoms with Crippen LogP contribution in [0, 0.1) is 5.92 Å². The van der Waals surface area contributed by atoms with E-state index < -0.39 is 92.3 Å². The van der Waals surface area contributed by atoms with Gasteiger partial charge in [-0.2, -0.15) is 0 Å². The highest BCUT2D eigenvalue weighted by molar-refractivity contribution is 8.13. The number of esters is 1. The summed E-state index contributed by atoms with van der Waals surface area (Å²) < 4.78 is 72.6. The van der Waals surface area contributed by atoms with Crippen molar-refractivity contribution in [3.8, 4) is 0 Å². The molecule has 1 aliphatic rings. The van der Waals surface area contributed by atoms with Crippen molar-refractivity contribution < 1.29 is 95.1 Å². The third-order valence-corrected chi connectivity index (χ3v) is 12.7. The molecule has 0 amide bonds. The zero-order chi connectivity index (χ0) is 42.6. The van der Waals surface area contributed by atoms with E-state index in [-0.39, 0.29) is 30.1 Å². The summed E-state index contributed by atoms with van der Waals surface area (Å²) in [5, 5.41) is 21.7. The monoisotopic (exact) mass is 910 g/mol. The second-order valence-corrected chi connectivity index (χ2v) is 20.4. The molecule has 0 heterocycles. The number of hydrogen-bond donors (Lipinski definition) is 9. The van der Waals surface area contributed by atoms with Crippen LogP contribution in [0.15, 0.2) is 0 Å². The summed E-state index contributed by atoms with van der Waals surface area (Å²) >= 11 is 0.947. The Morgan fingerprint density at radius 1 is 0.625 bits per heavy atom. The first-order valence-electron chi connectivity index (χ1n) is 18.9. The van der Waals surface area contributed by atoms with E-state index in [0.29, 0.717) is 12.8 Å². The number of ether oxygens (including phenoxy) is 1. The first kappa shape index (κ1) is 53.9. The third-order valence-electron chi connectivity index (χ3n) is 8.78. The van der Waals surface area contributed by atoms with Crippen LogP contribution in [-0.4, -0.2) is 111 Å². The largest absolute Gasteiger partial charge is 0.472 e. The fraction of sp³-hybridized carbons (Fsp3) is 0.935. The number of aliphatic hydroxyl groups is 2. The lowest BCUT2D eigenvalue weighted by molar-refractivity contribution is -0.189. The molecule has 20 nitrogen and oxygen atoms in total. The van der Waals surface area contributed by atoms with Crippen LogP contribution in [0.1, 0.15) is 123 Å². The molecular formula is C31H62O20P4S. The fourth-order valence-electron chi connectivity index (χ4n) is 6.10. The Bertz CT molecular complexity index is 1300. The lowest BCUT2D eigenvalue weighted by Gasteiger charge is -2.46. The van der Waals surface area contributed by atoms with Crippen LogP contribution in [0.4, 0.5) is 0 Å². The highest BCUT2D eigenvalue weighted by atomic mass is 32.2. The van der Waals surface area contributed by atoms with Crippen molar-refractivity contribution in [2.45, 2.75) is 160 Å². The number of phosphoric ester groups is 3. The van der Waals surface area contributed by atoms with Crippen LogP contribution in [0.25, 0.3) is 0 Å². The quantitative estimate of drug-likeness (QED) is 0.0256. The molecule has 1 saturated carbocycles. The van der Waals surface area contributed by atoms with Gasteiger partial charge in [0.1, 0.15) is 30.5 Å². The molecule has 1 rings (SSSR count). The number of hydrogen-bond acceptors (Lipinski definition) is 14. The molecule has 0 radical (unpaired) electrons. The lowest BCUT2D eigenvalue weighted by atomic mass is 9.79. The minimum atomic E-state index is -5.70. The summed E-state index contributed by atoms with van der Waals surface area (Å²) in [7, 11) is -22.1. The Kier molecular flexibility index (Phi) is 26.0. The van der Waals surface area contributed by atoms with Gasteiger partial charge in [-0.05, 0) is 19.3 Å². The molecule has 0 saturated heterocycles. The number of unbranched alkanes of at least 4 members (excludes halogenated alkanes) is 12. The molecule has 0 aromatic rings. The molecule has 0 aromatic heterocycles. The van der Waals surface area contributed by atoms with E-state index in [1.165, 1.54) is 44.9 Å². The van der Waals surface area contributed by atoms with E-state index >= 15 is 0 Å².